The van der Waals surface area contributed by atoms with Gasteiger partial charge in [-0.05, 0) is 30.7 Å². The molecule has 1 saturated heterocycles. The molecule has 0 aromatic heterocycles. The molecule has 1 heterocycles. The normalized spacial score (nSPS) is 19.9. The molecule has 3 amide bonds. The molecule has 5 heteroatoms. The Labute approximate surface area is 105 Å². The Bertz CT molecular complexity index is 459. The van der Waals surface area contributed by atoms with Crippen molar-refractivity contribution in [2.75, 3.05) is 11.4 Å². The summed E-state index contributed by atoms with van der Waals surface area (Å²) in [4.78, 5) is 25.0. The summed E-state index contributed by atoms with van der Waals surface area (Å²) in [5.74, 6) is -0.807. The minimum atomic E-state index is -0.445. The van der Waals surface area contributed by atoms with E-state index in [1.54, 1.807) is 0 Å². The lowest BCUT2D eigenvalue weighted by atomic mass is 10.00. The monoisotopic (exact) mass is 250 g/mol. The van der Waals surface area contributed by atoms with Gasteiger partial charge in [-0.3, -0.25) is 4.79 Å². The van der Waals surface area contributed by atoms with Gasteiger partial charge in [-0.1, -0.05) is 13.3 Å². The van der Waals surface area contributed by atoms with Crippen LogP contribution in [-0.2, 0) is 4.79 Å². The molecule has 4 nitrogen and oxygen atoms in total. The fraction of sp³-hybridized carbons (Fsp3) is 0.385. The number of nitrogens with zero attached hydrogens (tertiary/aromatic N) is 1. The van der Waals surface area contributed by atoms with E-state index in [2.05, 4.69) is 5.32 Å². The third-order valence-corrected chi connectivity index (χ3v) is 2.99. The molecule has 96 valence electrons. The number of imide groups is 1. The standard InChI is InChI=1S/C13H15FN2O2/c1-2-3-9-8-15-13(18)16(12(9)17)11-6-4-10(14)5-7-11/h4-7,9H,2-3,8H2,1H3,(H,15,18). The summed E-state index contributed by atoms with van der Waals surface area (Å²) in [5, 5.41) is 2.68. The fourth-order valence-corrected chi connectivity index (χ4v) is 2.07. The highest BCUT2D eigenvalue weighted by Crippen LogP contribution is 2.22. The van der Waals surface area contributed by atoms with Crippen LogP contribution in [0.5, 0.6) is 0 Å². The van der Waals surface area contributed by atoms with Gasteiger partial charge in [0.15, 0.2) is 0 Å². The van der Waals surface area contributed by atoms with Crippen LogP contribution < -0.4 is 10.2 Å². The molecule has 0 aliphatic carbocycles. The number of urea groups is 1. The van der Waals surface area contributed by atoms with Crippen molar-refractivity contribution in [1.82, 2.24) is 5.32 Å². The number of carbonyl (C=O) groups excluding carboxylic acids is 2. The smallest absolute Gasteiger partial charge is 0.328 e. The maximum atomic E-state index is 12.8. The van der Waals surface area contributed by atoms with Crippen molar-refractivity contribution in [3.8, 4) is 0 Å². The summed E-state index contributed by atoms with van der Waals surface area (Å²) in [7, 11) is 0. The van der Waals surface area contributed by atoms with Gasteiger partial charge in [-0.15, -0.1) is 0 Å². The minimum absolute atomic E-state index is 0.197. The van der Waals surface area contributed by atoms with Gasteiger partial charge in [-0.25, -0.2) is 14.1 Å². The van der Waals surface area contributed by atoms with E-state index in [-0.39, 0.29) is 11.8 Å². The lowest BCUT2D eigenvalue weighted by Gasteiger charge is -2.31. The Morgan fingerprint density at radius 1 is 1.33 bits per heavy atom. The molecule has 1 atom stereocenters. The molecule has 1 N–H and O–H groups in total. The van der Waals surface area contributed by atoms with E-state index in [1.807, 2.05) is 6.92 Å². The Hall–Kier alpha value is -1.91. The summed E-state index contributed by atoms with van der Waals surface area (Å²) in [6.45, 7) is 2.37. The number of benzene rings is 1. The van der Waals surface area contributed by atoms with Gasteiger partial charge in [0.1, 0.15) is 5.82 Å². The molecule has 18 heavy (non-hydrogen) atoms. The van der Waals surface area contributed by atoms with Crippen LogP contribution in [0.1, 0.15) is 19.8 Å². The summed E-state index contributed by atoms with van der Waals surface area (Å²) in [5.41, 5.74) is 0.403. The van der Waals surface area contributed by atoms with Crippen molar-refractivity contribution in [3.05, 3.63) is 30.1 Å². The van der Waals surface area contributed by atoms with Gasteiger partial charge in [0.2, 0.25) is 5.91 Å². The zero-order valence-corrected chi connectivity index (χ0v) is 10.1. The van der Waals surface area contributed by atoms with E-state index in [4.69, 9.17) is 0 Å². The fourth-order valence-electron chi connectivity index (χ4n) is 2.07. The van der Waals surface area contributed by atoms with Gasteiger partial charge < -0.3 is 5.32 Å². The molecule has 0 bridgehead atoms. The number of hydrogen-bond acceptors (Lipinski definition) is 2. The largest absolute Gasteiger partial charge is 0.337 e. The quantitative estimate of drug-likeness (QED) is 0.894. The number of halogens is 1. The van der Waals surface area contributed by atoms with Crippen LogP contribution in [0.4, 0.5) is 14.9 Å². The summed E-state index contributed by atoms with van der Waals surface area (Å²) in [6.07, 6.45) is 1.61. The first-order chi connectivity index (χ1) is 8.63. The average Bonchev–Trinajstić information content (AvgIpc) is 2.35. The highest BCUT2D eigenvalue weighted by Gasteiger charge is 2.34. The molecule has 0 spiro atoms. The topological polar surface area (TPSA) is 49.4 Å². The van der Waals surface area contributed by atoms with E-state index in [9.17, 15) is 14.0 Å². The third-order valence-electron chi connectivity index (χ3n) is 2.99. The number of anilines is 1. The zero-order valence-electron chi connectivity index (χ0n) is 10.1. The lowest BCUT2D eigenvalue weighted by Crippen LogP contribution is -2.55. The number of amides is 3. The first-order valence-electron chi connectivity index (χ1n) is 6.01. The molecule has 1 fully saturated rings. The number of nitrogens with one attached hydrogen (secondary N) is 1. The van der Waals surface area contributed by atoms with Gasteiger partial charge in [0, 0.05) is 6.54 Å². The second-order valence-electron chi connectivity index (χ2n) is 4.32. The lowest BCUT2D eigenvalue weighted by molar-refractivity contribution is -0.122. The summed E-state index contributed by atoms with van der Waals surface area (Å²) in [6, 6.07) is 4.89. The van der Waals surface area contributed by atoms with Crippen molar-refractivity contribution in [2.45, 2.75) is 19.8 Å². The van der Waals surface area contributed by atoms with E-state index in [0.29, 0.717) is 12.2 Å². The molecular weight excluding hydrogens is 235 g/mol. The van der Waals surface area contributed by atoms with E-state index in [0.717, 1.165) is 17.7 Å². The number of carbonyl (C=O) groups is 2. The maximum absolute atomic E-state index is 12.8. The maximum Gasteiger partial charge on any atom is 0.328 e. The van der Waals surface area contributed by atoms with Crippen LogP contribution in [-0.4, -0.2) is 18.5 Å². The van der Waals surface area contributed by atoms with Crippen molar-refractivity contribution in [3.63, 3.8) is 0 Å². The number of rotatable bonds is 3. The summed E-state index contributed by atoms with van der Waals surface area (Å²) < 4.78 is 12.8. The third kappa shape index (κ3) is 2.34. The van der Waals surface area contributed by atoms with Gasteiger partial charge >= 0.3 is 6.03 Å². The molecule has 1 aromatic rings. The predicted molar refractivity (Wildman–Crippen MR) is 65.7 cm³/mol. The number of hydrogen-bond donors (Lipinski definition) is 1. The molecule has 2 rings (SSSR count). The second kappa shape index (κ2) is 5.16. The van der Waals surface area contributed by atoms with Gasteiger partial charge in [0.25, 0.3) is 0 Å². The second-order valence-corrected chi connectivity index (χ2v) is 4.32. The van der Waals surface area contributed by atoms with Crippen LogP contribution in [0.15, 0.2) is 24.3 Å². The van der Waals surface area contributed by atoms with Crippen molar-refractivity contribution in [2.24, 2.45) is 5.92 Å². The Kier molecular flexibility index (Phi) is 3.60. The van der Waals surface area contributed by atoms with E-state index in [1.165, 1.54) is 24.3 Å². The Balaban J connectivity index is 2.26. The molecule has 0 saturated carbocycles. The van der Waals surface area contributed by atoms with Crippen molar-refractivity contribution < 1.29 is 14.0 Å². The SMILES string of the molecule is CCCC1CNC(=O)N(c2ccc(F)cc2)C1=O. The molecular formula is C13H15FN2O2. The summed E-state index contributed by atoms with van der Waals surface area (Å²) >= 11 is 0. The molecule has 1 aliphatic rings. The molecule has 0 radical (unpaired) electrons. The molecule has 1 aromatic carbocycles. The first-order valence-corrected chi connectivity index (χ1v) is 6.01. The van der Waals surface area contributed by atoms with Crippen LogP contribution in [0.25, 0.3) is 0 Å². The van der Waals surface area contributed by atoms with Crippen molar-refractivity contribution in [1.29, 1.82) is 0 Å². The van der Waals surface area contributed by atoms with Crippen LogP contribution in [0.3, 0.4) is 0 Å². The van der Waals surface area contributed by atoms with Crippen LogP contribution >= 0.6 is 0 Å². The first kappa shape index (κ1) is 12.5. The molecule has 1 unspecified atom stereocenters. The Morgan fingerprint density at radius 3 is 2.61 bits per heavy atom. The zero-order chi connectivity index (χ0) is 13.1. The Morgan fingerprint density at radius 2 is 2.00 bits per heavy atom. The van der Waals surface area contributed by atoms with Crippen LogP contribution in [0.2, 0.25) is 0 Å². The van der Waals surface area contributed by atoms with Gasteiger partial charge in [0.05, 0.1) is 11.6 Å². The molecule has 1 aliphatic heterocycles. The predicted octanol–water partition coefficient (Wildman–Crippen LogP) is 2.30. The van der Waals surface area contributed by atoms with E-state index < -0.39 is 11.8 Å². The van der Waals surface area contributed by atoms with Crippen molar-refractivity contribution >= 4 is 17.6 Å². The highest BCUT2D eigenvalue weighted by atomic mass is 19.1. The van der Waals surface area contributed by atoms with Crippen LogP contribution in [0, 0.1) is 11.7 Å². The van der Waals surface area contributed by atoms with E-state index >= 15 is 0 Å². The average molecular weight is 250 g/mol. The van der Waals surface area contributed by atoms with Gasteiger partial charge in [-0.2, -0.15) is 0 Å². The highest BCUT2D eigenvalue weighted by molar-refractivity contribution is 6.16. The minimum Gasteiger partial charge on any atom is -0.337 e.